The van der Waals surface area contributed by atoms with E-state index in [1.165, 1.54) is 16.2 Å². The number of nitrogens with zero attached hydrogens (tertiary/aromatic N) is 2. The van der Waals surface area contributed by atoms with E-state index in [9.17, 15) is 14.4 Å². The third-order valence-corrected chi connectivity index (χ3v) is 5.76. The highest BCUT2D eigenvalue weighted by molar-refractivity contribution is 7.12. The van der Waals surface area contributed by atoms with E-state index < -0.39 is 18.1 Å². The Kier molecular flexibility index (Phi) is 5.48. The smallest absolute Gasteiger partial charge is 0.410 e. The summed E-state index contributed by atoms with van der Waals surface area (Å²) in [5.74, 6) is -0.540. The summed E-state index contributed by atoms with van der Waals surface area (Å²) in [6.07, 6.45) is 0.670. The van der Waals surface area contributed by atoms with Crippen molar-refractivity contribution in [1.29, 1.82) is 0 Å². The quantitative estimate of drug-likeness (QED) is 0.742. The molecule has 0 aromatic carbocycles. The van der Waals surface area contributed by atoms with Crippen LogP contribution in [0.3, 0.4) is 0 Å². The fraction of sp³-hybridized carbons (Fsp3) is 0.562. The van der Waals surface area contributed by atoms with E-state index in [2.05, 4.69) is 0 Å². The van der Waals surface area contributed by atoms with Gasteiger partial charge in [0.15, 0.2) is 6.04 Å². The van der Waals surface area contributed by atoms with Gasteiger partial charge in [-0.1, -0.05) is 11.6 Å². The molecule has 3 heterocycles. The molecule has 7 nitrogen and oxygen atoms in total. The molecule has 3 rings (SSSR count). The fourth-order valence-electron chi connectivity index (χ4n) is 3.19. The van der Waals surface area contributed by atoms with E-state index >= 15 is 0 Å². The van der Waals surface area contributed by atoms with E-state index in [0.29, 0.717) is 35.8 Å². The van der Waals surface area contributed by atoms with Crippen LogP contribution in [0.15, 0.2) is 11.4 Å². The molecule has 1 aromatic heterocycles. The van der Waals surface area contributed by atoms with E-state index in [1.807, 2.05) is 0 Å². The Morgan fingerprint density at radius 2 is 2.12 bits per heavy atom. The lowest BCUT2D eigenvalue weighted by atomic mass is 10.0. The Bertz CT molecular complexity index is 671. The molecule has 9 heteroatoms. The SMILES string of the molecule is CCOC(=O)C1COC(=O)N1C1CCN(C(=O)c2sccc2Cl)CC1. The first-order valence-corrected chi connectivity index (χ1v) is 9.42. The molecular weight excluding hydrogens is 368 g/mol. The fourth-order valence-corrected chi connectivity index (χ4v) is 4.30. The summed E-state index contributed by atoms with van der Waals surface area (Å²) < 4.78 is 10.1. The van der Waals surface area contributed by atoms with Crippen molar-refractivity contribution in [3.05, 3.63) is 21.3 Å². The Balaban J connectivity index is 1.63. The molecule has 25 heavy (non-hydrogen) atoms. The van der Waals surface area contributed by atoms with Crippen molar-refractivity contribution < 1.29 is 23.9 Å². The number of ether oxygens (including phenoxy) is 2. The number of thiophene rings is 1. The van der Waals surface area contributed by atoms with E-state index in [4.69, 9.17) is 21.1 Å². The monoisotopic (exact) mass is 386 g/mol. The van der Waals surface area contributed by atoms with Crippen molar-refractivity contribution in [2.24, 2.45) is 0 Å². The third kappa shape index (κ3) is 3.59. The van der Waals surface area contributed by atoms with Crippen LogP contribution >= 0.6 is 22.9 Å². The molecule has 1 unspecified atom stereocenters. The number of hydrogen-bond acceptors (Lipinski definition) is 6. The lowest BCUT2D eigenvalue weighted by Gasteiger charge is -2.37. The summed E-state index contributed by atoms with van der Waals surface area (Å²) in [5, 5.41) is 2.24. The van der Waals surface area contributed by atoms with E-state index in [1.54, 1.807) is 23.3 Å². The number of carbonyl (C=O) groups is 3. The predicted molar refractivity (Wildman–Crippen MR) is 91.9 cm³/mol. The molecule has 2 saturated heterocycles. The van der Waals surface area contributed by atoms with Crippen LogP contribution in [-0.2, 0) is 14.3 Å². The molecule has 0 N–H and O–H groups in total. The van der Waals surface area contributed by atoms with Gasteiger partial charge in [0.2, 0.25) is 0 Å². The number of cyclic esters (lactones) is 1. The number of likely N-dealkylation sites (tertiary alicyclic amines) is 1. The van der Waals surface area contributed by atoms with Gasteiger partial charge in [0.1, 0.15) is 11.5 Å². The van der Waals surface area contributed by atoms with Crippen LogP contribution in [0.5, 0.6) is 0 Å². The number of hydrogen-bond donors (Lipinski definition) is 0. The zero-order valence-corrected chi connectivity index (χ0v) is 15.3. The summed E-state index contributed by atoms with van der Waals surface area (Å²) in [6, 6.07) is 0.856. The Morgan fingerprint density at radius 3 is 2.72 bits per heavy atom. The van der Waals surface area contributed by atoms with Gasteiger partial charge >= 0.3 is 12.1 Å². The largest absolute Gasteiger partial charge is 0.464 e. The van der Waals surface area contributed by atoms with Gasteiger partial charge < -0.3 is 14.4 Å². The number of rotatable bonds is 4. The average Bonchev–Trinajstić information content (AvgIpc) is 3.20. The molecule has 1 aromatic rings. The number of carbonyl (C=O) groups excluding carboxylic acids is 3. The molecule has 0 radical (unpaired) electrons. The highest BCUT2D eigenvalue weighted by Crippen LogP contribution is 2.28. The van der Waals surface area contributed by atoms with Gasteiger partial charge in [-0.25, -0.2) is 9.59 Å². The molecule has 1 atom stereocenters. The maximum Gasteiger partial charge on any atom is 0.410 e. The van der Waals surface area contributed by atoms with Gasteiger partial charge in [-0.2, -0.15) is 0 Å². The number of piperidine rings is 1. The molecule has 2 aliphatic rings. The van der Waals surface area contributed by atoms with Gasteiger partial charge in [-0.15, -0.1) is 11.3 Å². The standard InChI is InChI=1S/C16H19ClN2O5S/c1-2-23-15(21)12-9-24-16(22)19(12)10-3-6-18(7-4-10)14(20)13-11(17)5-8-25-13/h5,8,10,12H,2-4,6-7,9H2,1H3. The van der Waals surface area contributed by atoms with Gasteiger partial charge in [0, 0.05) is 19.1 Å². The second kappa shape index (κ2) is 7.61. The second-order valence-electron chi connectivity index (χ2n) is 5.87. The van der Waals surface area contributed by atoms with Crippen LogP contribution in [0.1, 0.15) is 29.4 Å². The third-order valence-electron chi connectivity index (χ3n) is 4.43. The number of amides is 2. The minimum Gasteiger partial charge on any atom is -0.464 e. The van der Waals surface area contributed by atoms with Crippen molar-refractivity contribution in [3.8, 4) is 0 Å². The van der Waals surface area contributed by atoms with Crippen molar-refractivity contribution >= 4 is 40.9 Å². The van der Waals surface area contributed by atoms with Crippen molar-refractivity contribution in [3.63, 3.8) is 0 Å². The van der Waals surface area contributed by atoms with Crippen LogP contribution in [0, 0.1) is 0 Å². The van der Waals surface area contributed by atoms with Crippen LogP contribution in [0.2, 0.25) is 5.02 Å². The van der Waals surface area contributed by atoms with Crippen LogP contribution < -0.4 is 0 Å². The predicted octanol–water partition coefficient (Wildman–Crippen LogP) is 2.39. The highest BCUT2D eigenvalue weighted by Gasteiger charge is 2.44. The Labute approximate surface area is 154 Å². The van der Waals surface area contributed by atoms with Gasteiger partial charge in [0.25, 0.3) is 5.91 Å². The van der Waals surface area contributed by atoms with Gasteiger partial charge in [0.05, 0.1) is 11.6 Å². The maximum absolute atomic E-state index is 12.5. The maximum atomic E-state index is 12.5. The van der Waals surface area contributed by atoms with Crippen molar-refractivity contribution in [1.82, 2.24) is 9.80 Å². The second-order valence-corrected chi connectivity index (χ2v) is 7.20. The summed E-state index contributed by atoms with van der Waals surface area (Å²) in [7, 11) is 0. The topological polar surface area (TPSA) is 76.2 Å². The molecule has 0 saturated carbocycles. The highest BCUT2D eigenvalue weighted by atomic mass is 35.5. The zero-order chi connectivity index (χ0) is 18.0. The number of esters is 1. The number of halogens is 1. The Morgan fingerprint density at radius 1 is 1.40 bits per heavy atom. The average molecular weight is 387 g/mol. The molecule has 2 aliphatic heterocycles. The van der Waals surface area contributed by atoms with Crippen molar-refractivity contribution in [2.75, 3.05) is 26.3 Å². The minimum atomic E-state index is -0.702. The van der Waals surface area contributed by atoms with Crippen LogP contribution in [0.4, 0.5) is 4.79 Å². The summed E-state index contributed by atoms with van der Waals surface area (Å²) in [5.41, 5.74) is 0. The molecule has 0 spiro atoms. The van der Waals surface area contributed by atoms with Gasteiger partial charge in [-0.05, 0) is 31.2 Å². The molecule has 2 fully saturated rings. The Hall–Kier alpha value is -1.80. The lowest BCUT2D eigenvalue weighted by molar-refractivity contribution is -0.148. The molecule has 0 aliphatic carbocycles. The first kappa shape index (κ1) is 18.0. The van der Waals surface area contributed by atoms with Crippen LogP contribution in [0.25, 0.3) is 0 Å². The molecule has 2 amide bonds. The van der Waals surface area contributed by atoms with Crippen LogP contribution in [-0.4, -0.2) is 66.2 Å². The summed E-state index contributed by atoms with van der Waals surface area (Å²) in [6.45, 7) is 2.99. The molecule has 136 valence electrons. The minimum absolute atomic E-state index is 0.0155. The summed E-state index contributed by atoms with van der Waals surface area (Å²) in [4.78, 5) is 40.3. The molecule has 0 bridgehead atoms. The normalized spacial score (nSPS) is 21.4. The van der Waals surface area contributed by atoms with Crippen molar-refractivity contribution in [2.45, 2.75) is 31.8 Å². The molecular formula is C16H19ClN2O5S. The summed E-state index contributed by atoms with van der Waals surface area (Å²) >= 11 is 7.35. The zero-order valence-electron chi connectivity index (χ0n) is 13.8. The first-order chi connectivity index (χ1) is 12.0. The van der Waals surface area contributed by atoms with Gasteiger partial charge in [-0.3, -0.25) is 9.69 Å². The first-order valence-electron chi connectivity index (χ1n) is 8.17. The van der Waals surface area contributed by atoms with E-state index in [0.717, 1.165) is 0 Å². The lowest BCUT2D eigenvalue weighted by Crippen LogP contribution is -2.52. The van der Waals surface area contributed by atoms with E-state index in [-0.39, 0.29) is 25.2 Å².